The number of urea groups is 1. The lowest BCUT2D eigenvalue weighted by Gasteiger charge is -2.37. The highest BCUT2D eigenvalue weighted by molar-refractivity contribution is 6.06. The Morgan fingerprint density at radius 1 is 1.15 bits per heavy atom. The predicted molar refractivity (Wildman–Crippen MR) is 75.0 cm³/mol. The monoisotopic (exact) mass is 273 g/mol. The van der Waals surface area contributed by atoms with Gasteiger partial charge in [0.2, 0.25) is 0 Å². The molecular formula is C15H19N3O2. The molecule has 0 aliphatic carbocycles. The van der Waals surface area contributed by atoms with Crippen LogP contribution in [0.5, 0.6) is 0 Å². The topological polar surface area (TPSA) is 52.7 Å². The van der Waals surface area contributed by atoms with Crippen LogP contribution in [0.1, 0.15) is 18.4 Å². The number of likely N-dealkylation sites (tertiary alicyclic amines) is 1. The van der Waals surface area contributed by atoms with E-state index in [1.54, 1.807) is 7.05 Å². The number of piperidine rings is 1. The van der Waals surface area contributed by atoms with Gasteiger partial charge in [0.1, 0.15) is 5.54 Å². The Kier molecular flexibility index (Phi) is 3.22. The number of imide groups is 1. The van der Waals surface area contributed by atoms with Crippen molar-refractivity contribution in [1.29, 1.82) is 0 Å². The number of carbonyl (C=O) groups is 2. The van der Waals surface area contributed by atoms with Gasteiger partial charge in [-0.1, -0.05) is 30.3 Å². The molecule has 0 bridgehead atoms. The van der Waals surface area contributed by atoms with E-state index in [-0.39, 0.29) is 11.9 Å². The zero-order valence-electron chi connectivity index (χ0n) is 11.6. The second-order valence-corrected chi connectivity index (χ2v) is 5.64. The molecule has 3 amide bonds. The van der Waals surface area contributed by atoms with Gasteiger partial charge in [0, 0.05) is 26.7 Å². The van der Waals surface area contributed by atoms with Crippen LogP contribution in [0.2, 0.25) is 0 Å². The standard InChI is InChI=1S/C15H19N3O2/c1-17-13(19)15(16-14(17)20)7-9-18(10-8-15)11-12-5-3-2-4-6-12/h2-6H,7-11H2,1H3,(H,16,20). The molecular weight excluding hydrogens is 254 g/mol. The summed E-state index contributed by atoms with van der Waals surface area (Å²) in [4.78, 5) is 27.3. The SMILES string of the molecule is CN1C(=O)NC2(CCN(Cc3ccccc3)CC2)C1=O. The Morgan fingerprint density at radius 3 is 2.35 bits per heavy atom. The van der Waals surface area contributed by atoms with Crippen molar-refractivity contribution < 1.29 is 9.59 Å². The van der Waals surface area contributed by atoms with Crippen LogP contribution in [-0.2, 0) is 11.3 Å². The van der Waals surface area contributed by atoms with Gasteiger partial charge in [-0.2, -0.15) is 0 Å². The second kappa shape index (κ2) is 4.90. The quantitative estimate of drug-likeness (QED) is 0.824. The summed E-state index contributed by atoms with van der Waals surface area (Å²) in [5, 5.41) is 2.86. The molecule has 2 heterocycles. The van der Waals surface area contributed by atoms with Gasteiger partial charge in [-0.05, 0) is 18.4 Å². The number of carbonyl (C=O) groups excluding carboxylic acids is 2. The molecule has 2 fully saturated rings. The average molecular weight is 273 g/mol. The highest BCUT2D eigenvalue weighted by Gasteiger charge is 2.50. The van der Waals surface area contributed by atoms with E-state index < -0.39 is 5.54 Å². The van der Waals surface area contributed by atoms with Crippen molar-refractivity contribution >= 4 is 11.9 Å². The van der Waals surface area contributed by atoms with Crippen molar-refractivity contribution in [2.75, 3.05) is 20.1 Å². The Hall–Kier alpha value is -1.88. The lowest BCUT2D eigenvalue weighted by molar-refractivity contribution is -0.132. The van der Waals surface area contributed by atoms with E-state index in [9.17, 15) is 9.59 Å². The van der Waals surface area contributed by atoms with Gasteiger partial charge in [0.25, 0.3) is 5.91 Å². The molecule has 2 aliphatic heterocycles. The minimum atomic E-state index is -0.654. The molecule has 2 saturated heterocycles. The van der Waals surface area contributed by atoms with E-state index in [1.807, 2.05) is 18.2 Å². The number of rotatable bonds is 2. The molecule has 5 nitrogen and oxygen atoms in total. The first-order valence-corrected chi connectivity index (χ1v) is 6.97. The maximum absolute atomic E-state index is 12.2. The first kappa shape index (κ1) is 13.1. The van der Waals surface area contributed by atoms with Crippen LogP contribution in [-0.4, -0.2) is 47.4 Å². The summed E-state index contributed by atoms with van der Waals surface area (Å²) in [6, 6.07) is 10.0. The fraction of sp³-hybridized carbons (Fsp3) is 0.467. The highest BCUT2D eigenvalue weighted by atomic mass is 16.2. The zero-order chi connectivity index (χ0) is 14.2. The van der Waals surface area contributed by atoms with Crippen molar-refractivity contribution in [3.05, 3.63) is 35.9 Å². The fourth-order valence-corrected chi connectivity index (χ4v) is 3.03. The maximum Gasteiger partial charge on any atom is 0.324 e. The van der Waals surface area contributed by atoms with Crippen LogP contribution < -0.4 is 5.32 Å². The van der Waals surface area contributed by atoms with Gasteiger partial charge >= 0.3 is 6.03 Å². The maximum atomic E-state index is 12.2. The lowest BCUT2D eigenvalue weighted by Crippen LogP contribution is -2.54. The summed E-state index contributed by atoms with van der Waals surface area (Å²) in [7, 11) is 1.54. The van der Waals surface area contributed by atoms with Crippen LogP contribution in [0, 0.1) is 0 Å². The van der Waals surface area contributed by atoms with E-state index in [0.717, 1.165) is 19.6 Å². The third kappa shape index (κ3) is 2.18. The average Bonchev–Trinajstić information content (AvgIpc) is 2.68. The summed E-state index contributed by atoms with van der Waals surface area (Å²) in [6.45, 7) is 2.55. The predicted octanol–water partition coefficient (Wildman–Crippen LogP) is 1.20. The van der Waals surface area contributed by atoms with Crippen LogP contribution in [0.15, 0.2) is 30.3 Å². The number of nitrogens with zero attached hydrogens (tertiary/aromatic N) is 2. The summed E-state index contributed by atoms with van der Waals surface area (Å²) in [5.74, 6) is -0.0816. The number of hydrogen-bond donors (Lipinski definition) is 1. The largest absolute Gasteiger partial charge is 0.324 e. The number of hydrogen-bond acceptors (Lipinski definition) is 3. The van der Waals surface area contributed by atoms with E-state index in [1.165, 1.54) is 10.5 Å². The normalized spacial score (nSPS) is 22.4. The van der Waals surface area contributed by atoms with Crippen molar-refractivity contribution in [2.24, 2.45) is 0 Å². The third-order valence-electron chi connectivity index (χ3n) is 4.32. The van der Waals surface area contributed by atoms with Crippen molar-refractivity contribution in [3.63, 3.8) is 0 Å². The number of likely N-dealkylation sites (N-methyl/N-ethyl adjacent to an activating group) is 1. The van der Waals surface area contributed by atoms with Gasteiger partial charge in [-0.3, -0.25) is 14.6 Å². The summed E-state index contributed by atoms with van der Waals surface area (Å²) >= 11 is 0. The van der Waals surface area contributed by atoms with Crippen LogP contribution in [0.3, 0.4) is 0 Å². The van der Waals surface area contributed by atoms with Crippen molar-refractivity contribution in [2.45, 2.75) is 24.9 Å². The van der Waals surface area contributed by atoms with Gasteiger partial charge in [0.15, 0.2) is 0 Å². The number of benzene rings is 1. The molecule has 1 aromatic rings. The molecule has 0 atom stereocenters. The first-order chi connectivity index (χ1) is 9.61. The molecule has 20 heavy (non-hydrogen) atoms. The van der Waals surface area contributed by atoms with E-state index in [2.05, 4.69) is 22.3 Å². The highest BCUT2D eigenvalue weighted by Crippen LogP contribution is 2.29. The molecule has 5 heteroatoms. The molecule has 2 aliphatic rings. The summed E-state index contributed by atoms with van der Waals surface area (Å²) < 4.78 is 0. The number of nitrogens with one attached hydrogen (secondary N) is 1. The summed E-state index contributed by atoms with van der Waals surface area (Å²) in [6.07, 6.45) is 1.38. The summed E-state index contributed by atoms with van der Waals surface area (Å²) in [5.41, 5.74) is 0.626. The minimum Gasteiger partial charge on any atom is -0.323 e. The van der Waals surface area contributed by atoms with Gasteiger partial charge < -0.3 is 5.32 Å². The van der Waals surface area contributed by atoms with Crippen molar-refractivity contribution in [3.8, 4) is 0 Å². The number of amides is 3. The van der Waals surface area contributed by atoms with Crippen molar-refractivity contribution in [1.82, 2.24) is 15.1 Å². The molecule has 106 valence electrons. The van der Waals surface area contributed by atoms with Gasteiger partial charge in [-0.25, -0.2) is 4.79 Å². The van der Waals surface area contributed by atoms with Gasteiger partial charge in [0.05, 0.1) is 0 Å². The van der Waals surface area contributed by atoms with E-state index >= 15 is 0 Å². The van der Waals surface area contributed by atoms with E-state index in [0.29, 0.717) is 12.8 Å². The molecule has 1 aromatic carbocycles. The van der Waals surface area contributed by atoms with Gasteiger partial charge in [-0.15, -0.1) is 0 Å². The second-order valence-electron chi connectivity index (χ2n) is 5.64. The lowest BCUT2D eigenvalue weighted by atomic mass is 9.87. The van der Waals surface area contributed by atoms with Crippen LogP contribution >= 0.6 is 0 Å². The Bertz CT molecular complexity index is 521. The molecule has 3 rings (SSSR count). The van der Waals surface area contributed by atoms with E-state index in [4.69, 9.17) is 0 Å². The molecule has 0 unspecified atom stereocenters. The third-order valence-corrected chi connectivity index (χ3v) is 4.32. The Labute approximate surface area is 118 Å². The molecule has 0 saturated carbocycles. The molecule has 1 N–H and O–H groups in total. The smallest absolute Gasteiger partial charge is 0.323 e. The molecule has 0 radical (unpaired) electrons. The van der Waals surface area contributed by atoms with Crippen LogP contribution in [0.4, 0.5) is 4.79 Å². The van der Waals surface area contributed by atoms with Crippen LogP contribution in [0.25, 0.3) is 0 Å². The zero-order valence-corrected chi connectivity index (χ0v) is 11.6. The minimum absolute atomic E-state index is 0.0816. The fourth-order valence-electron chi connectivity index (χ4n) is 3.03. The first-order valence-electron chi connectivity index (χ1n) is 6.97. The molecule has 0 aromatic heterocycles. The Morgan fingerprint density at radius 2 is 1.80 bits per heavy atom. The Balaban J connectivity index is 1.63. The molecule has 1 spiro atoms.